The zero-order valence-corrected chi connectivity index (χ0v) is 39.0. The average Bonchev–Trinajstić information content (AvgIpc) is 3.95. The Morgan fingerprint density at radius 2 is 0.667 bits per heavy atom. The van der Waals surface area contributed by atoms with E-state index in [1.807, 2.05) is 0 Å². The van der Waals surface area contributed by atoms with E-state index in [-0.39, 0.29) is 0 Å². The normalized spacial score (nSPS) is 11.8. The molecule has 0 aliphatic heterocycles. The Labute approximate surface area is 403 Å². The number of fused-ring (bicyclic) bond motifs is 6. The average molecular weight is 895 g/mol. The van der Waals surface area contributed by atoms with Gasteiger partial charge in [0, 0.05) is 32.9 Å². The molecule has 0 aliphatic rings. The van der Waals surface area contributed by atoms with E-state index in [4.69, 9.17) is 0 Å². The van der Waals surface area contributed by atoms with Crippen LogP contribution in [0.4, 0.5) is 0 Å². The van der Waals surface area contributed by atoms with E-state index in [2.05, 4.69) is 288 Å². The predicted molar refractivity (Wildman–Crippen MR) is 295 cm³/mol. The lowest BCUT2D eigenvalue weighted by Crippen LogP contribution is -2.74. The van der Waals surface area contributed by atoms with E-state index in [1.54, 1.807) is 0 Å². The number of aromatic nitrogens is 2. The van der Waals surface area contributed by atoms with E-state index in [1.165, 1.54) is 97.7 Å². The van der Waals surface area contributed by atoms with E-state index in [0.717, 1.165) is 11.4 Å². The maximum atomic E-state index is 2.46. The molecule has 0 bridgehead atoms. The summed E-state index contributed by atoms with van der Waals surface area (Å²) in [5.41, 5.74) is 14.4. The molecule has 0 fully saturated rings. The van der Waals surface area contributed by atoms with Gasteiger partial charge >= 0.3 is 0 Å². The number of rotatable bonds is 9. The fourth-order valence-corrected chi connectivity index (χ4v) is 16.0. The van der Waals surface area contributed by atoms with Crippen molar-refractivity contribution in [2.75, 3.05) is 0 Å². The van der Waals surface area contributed by atoms with Gasteiger partial charge in [-0.05, 0) is 109 Å². The van der Waals surface area contributed by atoms with E-state index < -0.39 is 8.07 Å². The smallest absolute Gasteiger partial charge is 0.179 e. The van der Waals surface area contributed by atoms with Crippen molar-refractivity contribution in [3.05, 3.63) is 279 Å². The quantitative estimate of drug-likeness (QED) is 0.101. The highest BCUT2D eigenvalue weighted by atomic mass is 28.3. The molecule has 0 saturated carbocycles. The Morgan fingerprint density at radius 3 is 1.33 bits per heavy atom. The second kappa shape index (κ2) is 16.8. The van der Waals surface area contributed by atoms with Gasteiger partial charge in [0.1, 0.15) is 0 Å². The fraction of sp³-hybridized carbons (Fsp3) is 0. The van der Waals surface area contributed by atoms with Gasteiger partial charge in [-0.25, -0.2) is 0 Å². The Balaban J connectivity index is 0.967. The molecular weight excluding hydrogens is 849 g/mol. The highest BCUT2D eigenvalue weighted by Crippen LogP contribution is 2.41. The third-order valence-corrected chi connectivity index (χ3v) is 19.0. The molecular formula is C66H46N2Si. The van der Waals surface area contributed by atoms with Crippen LogP contribution in [0.25, 0.3) is 88.4 Å². The summed E-state index contributed by atoms with van der Waals surface area (Å²) in [4.78, 5) is 0. The van der Waals surface area contributed by atoms with Crippen molar-refractivity contribution >= 4 is 72.4 Å². The lowest BCUT2D eigenvalue weighted by atomic mass is 9.96. The third kappa shape index (κ3) is 6.70. The molecule has 0 amide bonds. The summed E-state index contributed by atoms with van der Waals surface area (Å²) in [5, 5.41) is 10.4. The minimum absolute atomic E-state index is 1.14. The number of hydrogen-bond acceptors (Lipinski definition) is 0. The number of benzene rings is 11. The topological polar surface area (TPSA) is 9.86 Å². The molecule has 0 spiro atoms. The van der Waals surface area contributed by atoms with Gasteiger partial charge in [-0.1, -0.05) is 224 Å². The van der Waals surface area contributed by atoms with Crippen LogP contribution in [0.1, 0.15) is 0 Å². The van der Waals surface area contributed by atoms with Crippen LogP contribution in [0.15, 0.2) is 279 Å². The zero-order chi connectivity index (χ0) is 45.7. The van der Waals surface area contributed by atoms with Crippen molar-refractivity contribution in [1.29, 1.82) is 0 Å². The first-order valence-electron chi connectivity index (χ1n) is 23.8. The van der Waals surface area contributed by atoms with Gasteiger partial charge in [-0.3, -0.25) is 0 Å². The van der Waals surface area contributed by atoms with Gasteiger partial charge in [0.2, 0.25) is 0 Å². The molecule has 2 heterocycles. The molecule has 0 radical (unpaired) electrons. The van der Waals surface area contributed by atoms with Crippen molar-refractivity contribution in [3.8, 4) is 44.8 Å². The first kappa shape index (κ1) is 40.5. The van der Waals surface area contributed by atoms with Crippen LogP contribution in [0.5, 0.6) is 0 Å². The van der Waals surface area contributed by atoms with Gasteiger partial charge in [-0.2, -0.15) is 0 Å². The molecule has 2 aromatic heterocycles. The summed E-state index contributed by atoms with van der Waals surface area (Å²) >= 11 is 0. The summed E-state index contributed by atoms with van der Waals surface area (Å²) < 4.78 is 4.91. The van der Waals surface area contributed by atoms with Crippen molar-refractivity contribution in [3.63, 3.8) is 0 Å². The van der Waals surface area contributed by atoms with Crippen molar-refractivity contribution in [2.45, 2.75) is 0 Å². The largest absolute Gasteiger partial charge is 0.309 e. The van der Waals surface area contributed by atoms with E-state index >= 15 is 0 Å². The van der Waals surface area contributed by atoms with Crippen LogP contribution in [-0.2, 0) is 0 Å². The second-order valence-corrected chi connectivity index (χ2v) is 21.8. The number of nitrogens with zero attached hydrogens (tertiary/aromatic N) is 2. The van der Waals surface area contributed by atoms with Crippen LogP contribution in [0, 0.1) is 0 Å². The van der Waals surface area contributed by atoms with Gasteiger partial charge < -0.3 is 9.13 Å². The summed E-state index contributed by atoms with van der Waals surface area (Å²) in [6.07, 6.45) is 0. The summed E-state index contributed by atoms with van der Waals surface area (Å²) in [5.74, 6) is 0. The fourth-order valence-electron chi connectivity index (χ4n) is 11.2. The first-order valence-corrected chi connectivity index (χ1v) is 25.8. The van der Waals surface area contributed by atoms with E-state index in [9.17, 15) is 0 Å². The minimum Gasteiger partial charge on any atom is -0.309 e. The third-order valence-electron chi connectivity index (χ3n) is 14.3. The standard InChI is InChI=1S/C66H46N2Si/c1-5-20-47(21-6-1)49-24-17-26-51(44-49)58-34-19-37-65-66(58)60-33-14-16-36-63(60)68(65)53-40-43-64-61(46-53)59-32-13-15-35-62(59)67(64)52-38-41-56(42-39-52)69(54-27-9-3-10-28-54,55-29-11-4-12-30-55)57-31-18-25-50(45-57)48-22-7-2-8-23-48/h1-46H. The summed E-state index contributed by atoms with van der Waals surface area (Å²) in [7, 11) is -2.82. The summed E-state index contributed by atoms with van der Waals surface area (Å²) in [6.45, 7) is 0. The van der Waals surface area contributed by atoms with Crippen molar-refractivity contribution in [2.24, 2.45) is 0 Å². The molecule has 2 nitrogen and oxygen atoms in total. The summed E-state index contributed by atoms with van der Waals surface area (Å²) in [6, 6.07) is 103. The highest BCUT2D eigenvalue weighted by Gasteiger charge is 2.41. The lowest BCUT2D eigenvalue weighted by molar-refractivity contribution is 1.17. The molecule has 11 aromatic carbocycles. The number of hydrogen-bond donors (Lipinski definition) is 0. The molecule has 0 N–H and O–H groups in total. The maximum absolute atomic E-state index is 2.82. The number of para-hydroxylation sites is 2. The first-order chi connectivity index (χ1) is 34.2. The lowest BCUT2D eigenvalue weighted by Gasteiger charge is -2.35. The van der Waals surface area contributed by atoms with Gasteiger partial charge in [0.05, 0.1) is 22.1 Å². The predicted octanol–water partition coefficient (Wildman–Crippen LogP) is 14.3. The second-order valence-electron chi connectivity index (χ2n) is 18.0. The zero-order valence-electron chi connectivity index (χ0n) is 38.0. The molecule has 69 heavy (non-hydrogen) atoms. The minimum atomic E-state index is -2.82. The highest BCUT2D eigenvalue weighted by molar-refractivity contribution is 7.19. The molecule has 0 atom stereocenters. The van der Waals surface area contributed by atoms with Crippen LogP contribution < -0.4 is 20.7 Å². The van der Waals surface area contributed by atoms with E-state index in [0.29, 0.717) is 0 Å². The molecule has 3 heteroatoms. The Bertz CT molecular complexity index is 3940. The van der Waals surface area contributed by atoms with Crippen LogP contribution >= 0.6 is 0 Å². The van der Waals surface area contributed by atoms with Crippen LogP contribution in [-0.4, -0.2) is 17.2 Å². The Morgan fingerprint density at radius 1 is 0.232 bits per heavy atom. The monoisotopic (exact) mass is 894 g/mol. The molecule has 0 saturated heterocycles. The Kier molecular flexibility index (Phi) is 9.88. The Hall–Kier alpha value is -8.76. The van der Waals surface area contributed by atoms with Crippen molar-refractivity contribution in [1.82, 2.24) is 9.13 Å². The maximum Gasteiger partial charge on any atom is 0.179 e. The molecule has 0 aliphatic carbocycles. The molecule has 13 rings (SSSR count). The van der Waals surface area contributed by atoms with Crippen LogP contribution in [0.3, 0.4) is 0 Å². The van der Waals surface area contributed by atoms with Gasteiger partial charge in [0.25, 0.3) is 0 Å². The van der Waals surface area contributed by atoms with Crippen LogP contribution in [0.2, 0.25) is 0 Å². The SMILES string of the molecule is c1ccc(-c2cccc(-c3cccc4c3c3ccccc3n4-c3ccc4c(c3)c3ccccc3n4-c3ccc([Si](c4ccccc4)(c4ccccc4)c4cccc(-c5ccccc5)c4)cc3)c2)cc1. The van der Waals surface area contributed by atoms with Crippen molar-refractivity contribution < 1.29 is 0 Å². The molecule has 324 valence electrons. The molecule has 0 unspecified atom stereocenters. The molecule has 13 aromatic rings. The van der Waals surface area contributed by atoms with Gasteiger partial charge in [-0.15, -0.1) is 0 Å². The van der Waals surface area contributed by atoms with Gasteiger partial charge in [0.15, 0.2) is 8.07 Å².